The number of rotatable bonds is 5. The van der Waals surface area contributed by atoms with Crippen LogP contribution in [-0.4, -0.2) is 30.5 Å². The first-order chi connectivity index (χ1) is 16.7. The summed E-state index contributed by atoms with van der Waals surface area (Å²) in [6.45, 7) is 9.46. The van der Waals surface area contributed by atoms with Gasteiger partial charge < -0.3 is 9.53 Å². The molecule has 1 spiro atoms. The van der Waals surface area contributed by atoms with E-state index < -0.39 is 13.7 Å². The van der Waals surface area contributed by atoms with Gasteiger partial charge in [0.1, 0.15) is 11.9 Å². The van der Waals surface area contributed by atoms with E-state index in [-0.39, 0.29) is 11.0 Å². The van der Waals surface area contributed by atoms with Crippen molar-refractivity contribution in [2.75, 3.05) is 0 Å². The fourth-order valence-corrected chi connectivity index (χ4v) is 7.84. The highest BCUT2D eigenvalue weighted by molar-refractivity contribution is 6.81. The van der Waals surface area contributed by atoms with E-state index in [2.05, 4.69) is 85.8 Å². The molecule has 4 atom stereocenters. The Bertz CT molecular complexity index is 1350. The summed E-state index contributed by atoms with van der Waals surface area (Å²) in [4.78, 5) is 16.4. The summed E-state index contributed by atoms with van der Waals surface area (Å²) < 4.78 is 7.18. The number of hydrogen-bond acceptors (Lipinski definition) is 3. The highest BCUT2D eigenvalue weighted by atomic mass is 28.3. The Morgan fingerprint density at radius 2 is 2.03 bits per heavy atom. The number of carbonyl (C=O) groups is 1. The van der Waals surface area contributed by atoms with Crippen molar-refractivity contribution in [3.8, 4) is 0 Å². The molecule has 0 unspecified atom stereocenters. The van der Waals surface area contributed by atoms with Crippen LogP contribution in [0.5, 0.6) is 0 Å². The summed E-state index contributed by atoms with van der Waals surface area (Å²) in [5.41, 5.74) is 7.87. The maximum absolute atomic E-state index is 11.8. The number of nitrogens with zero attached hydrogens (tertiary/aromatic N) is 1. The largest absolute Gasteiger partial charge is 0.358 e. The number of allylic oxidation sites excluding steroid dienone is 3. The second-order valence-corrected chi connectivity index (χ2v) is 17.3. The van der Waals surface area contributed by atoms with Crippen molar-refractivity contribution in [2.24, 2.45) is 11.3 Å². The molecular weight excluding hydrogens is 446 g/mol. The number of carbonyl (C=O) groups excluding carboxylic acids is 1. The van der Waals surface area contributed by atoms with Gasteiger partial charge in [-0.2, -0.15) is 0 Å². The number of ether oxygens (including phenoxy) is 1. The molecule has 0 radical (unpaired) electrons. The van der Waals surface area contributed by atoms with Gasteiger partial charge >= 0.3 is 0 Å². The normalized spacial score (nSPS) is 33.8. The summed E-state index contributed by atoms with van der Waals surface area (Å²) in [5.74, 6) is 0.372. The molecular formula is C31H35NO2Si. The molecule has 180 valence electrons. The molecule has 3 nitrogen and oxygen atoms in total. The fourth-order valence-electron chi connectivity index (χ4n) is 7.16. The lowest BCUT2D eigenvalue weighted by Crippen LogP contribution is -2.52. The van der Waals surface area contributed by atoms with Gasteiger partial charge in [-0.25, -0.2) is 0 Å². The van der Waals surface area contributed by atoms with Gasteiger partial charge in [0.2, 0.25) is 0 Å². The van der Waals surface area contributed by atoms with Crippen LogP contribution in [0.25, 0.3) is 16.5 Å². The van der Waals surface area contributed by atoms with Crippen LogP contribution in [0.3, 0.4) is 0 Å². The van der Waals surface area contributed by atoms with E-state index in [0.29, 0.717) is 12.3 Å². The zero-order valence-electron chi connectivity index (χ0n) is 21.3. The van der Waals surface area contributed by atoms with Crippen LogP contribution in [-0.2, 0) is 9.53 Å². The Balaban J connectivity index is 1.42. The standard InChI is InChI=1S/C31H35NO2Si/c1-29-13-11-25-21-24(12-19-35(2,3)4)30(16-18-33)14-15-31(25,34-30)28(29)10-9-26(29)23-8-7-22-6-5-17-32-27(22)20-23/h5-9,11-12,17-21,28H,10,13-16H2,1-4H3/b19-12-/t28-,29-,30-,31-/m1/s1. The Morgan fingerprint density at radius 3 is 2.83 bits per heavy atom. The smallest absolute Gasteiger partial charge is 0.123 e. The van der Waals surface area contributed by atoms with Crippen molar-refractivity contribution in [1.29, 1.82) is 0 Å². The molecule has 1 saturated heterocycles. The summed E-state index contributed by atoms with van der Waals surface area (Å²) in [6, 6.07) is 10.8. The van der Waals surface area contributed by atoms with E-state index in [1.807, 2.05) is 12.3 Å². The number of pyridine rings is 1. The number of aldehydes is 1. The van der Waals surface area contributed by atoms with Crippen LogP contribution in [0, 0.1) is 11.3 Å². The SMILES string of the molecule is C[C@]12CC=C3C=C(/C=C\[Si](C)(C)C)[C@]4(CC=O)CC[C@]3(O4)[C@@H]1CC=C2c1ccc2cccnc2c1. The molecule has 4 aliphatic rings. The summed E-state index contributed by atoms with van der Waals surface area (Å²) in [6.07, 6.45) is 16.8. The van der Waals surface area contributed by atoms with E-state index in [4.69, 9.17) is 4.74 Å². The molecule has 0 N–H and O–H groups in total. The van der Waals surface area contributed by atoms with Crippen molar-refractivity contribution in [2.45, 2.75) is 69.9 Å². The Morgan fingerprint density at radius 1 is 1.17 bits per heavy atom. The molecule has 2 aromatic rings. The van der Waals surface area contributed by atoms with E-state index in [0.717, 1.165) is 37.5 Å². The lowest BCUT2D eigenvalue weighted by molar-refractivity contribution is -0.130. The molecule has 35 heavy (non-hydrogen) atoms. The molecule has 6 rings (SSSR count). The minimum absolute atomic E-state index is 0.00270. The van der Waals surface area contributed by atoms with Crippen LogP contribution in [0.2, 0.25) is 19.6 Å². The van der Waals surface area contributed by atoms with Crippen LogP contribution in [0.15, 0.2) is 77.7 Å². The third-order valence-electron chi connectivity index (χ3n) is 8.95. The predicted molar refractivity (Wildman–Crippen MR) is 146 cm³/mol. The second kappa shape index (κ2) is 7.72. The Labute approximate surface area is 209 Å². The first kappa shape index (κ1) is 22.9. The first-order valence-corrected chi connectivity index (χ1v) is 16.6. The third-order valence-corrected chi connectivity index (χ3v) is 10.1. The average Bonchev–Trinajstić information content (AvgIpc) is 3.34. The number of benzene rings is 1. The van der Waals surface area contributed by atoms with Crippen molar-refractivity contribution in [3.05, 3.63) is 83.2 Å². The minimum Gasteiger partial charge on any atom is -0.358 e. The van der Waals surface area contributed by atoms with Crippen LogP contribution in [0.4, 0.5) is 0 Å². The molecule has 2 bridgehead atoms. The van der Waals surface area contributed by atoms with Crippen molar-refractivity contribution in [1.82, 2.24) is 4.98 Å². The van der Waals surface area contributed by atoms with Gasteiger partial charge in [0, 0.05) is 29.3 Å². The number of fused-ring (bicyclic) bond motifs is 3. The predicted octanol–water partition coefficient (Wildman–Crippen LogP) is 7.23. The molecule has 1 aromatic heterocycles. The number of hydrogen-bond donors (Lipinski definition) is 0. The summed E-state index contributed by atoms with van der Waals surface area (Å²) in [7, 11) is -1.37. The zero-order valence-corrected chi connectivity index (χ0v) is 22.3. The highest BCUT2D eigenvalue weighted by Crippen LogP contribution is 2.66. The van der Waals surface area contributed by atoms with Crippen molar-refractivity contribution < 1.29 is 9.53 Å². The van der Waals surface area contributed by atoms with Gasteiger partial charge in [-0.3, -0.25) is 4.98 Å². The molecule has 0 amide bonds. The van der Waals surface area contributed by atoms with E-state index in [9.17, 15) is 4.79 Å². The quantitative estimate of drug-likeness (QED) is 0.334. The van der Waals surface area contributed by atoms with Gasteiger partial charge in [-0.05, 0) is 60.1 Å². The summed E-state index contributed by atoms with van der Waals surface area (Å²) in [5, 5.41) is 1.18. The maximum atomic E-state index is 11.8. The Kier molecular flexibility index (Phi) is 5.04. The molecule has 2 aliphatic carbocycles. The van der Waals surface area contributed by atoms with E-state index in [1.165, 1.54) is 27.7 Å². The van der Waals surface area contributed by atoms with Crippen molar-refractivity contribution >= 4 is 30.8 Å². The maximum Gasteiger partial charge on any atom is 0.123 e. The van der Waals surface area contributed by atoms with E-state index >= 15 is 0 Å². The minimum atomic E-state index is -1.37. The Hall–Kier alpha value is -2.56. The molecule has 1 fully saturated rings. The molecule has 1 aromatic carbocycles. The van der Waals surface area contributed by atoms with Gasteiger partial charge in [0.15, 0.2) is 0 Å². The molecule has 3 heterocycles. The highest BCUT2D eigenvalue weighted by Gasteiger charge is 2.64. The molecule has 2 aliphatic heterocycles. The van der Waals surface area contributed by atoms with Crippen LogP contribution in [0.1, 0.15) is 44.6 Å². The topological polar surface area (TPSA) is 39.2 Å². The molecule has 4 heteroatoms. The average molecular weight is 482 g/mol. The monoisotopic (exact) mass is 481 g/mol. The van der Waals surface area contributed by atoms with Gasteiger partial charge in [-0.15, -0.1) is 0 Å². The van der Waals surface area contributed by atoms with Crippen LogP contribution < -0.4 is 0 Å². The fraction of sp³-hybridized carbons (Fsp3) is 0.419. The van der Waals surface area contributed by atoms with Gasteiger partial charge in [0.05, 0.1) is 19.2 Å². The lowest BCUT2D eigenvalue weighted by Gasteiger charge is -2.52. The third kappa shape index (κ3) is 3.41. The molecule has 0 saturated carbocycles. The lowest BCUT2D eigenvalue weighted by atomic mass is 9.58. The number of aromatic nitrogens is 1. The van der Waals surface area contributed by atoms with Gasteiger partial charge in [-0.1, -0.05) is 74.8 Å². The second-order valence-electron chi connectivity index (χ2n) is 12.3. The first-order valence-electron chi connectivity index (χ1n) is 13.0. The zero-order chi connectivity index (χ0) is 24.5. The van der Waals surface area contributed by atoms with Gasteiger partial charge in [0.25, 0.3) is 0 Å². The van der Waals surface area contributed by atoms with Crippen LogP contribution >= 0.6 is 0 Å². The van der Waals surface area contributed by atoms with Crippen molar-refractivity contribution in [3.63, 3.8) is 0 Å². The van der Waals surface area contributed by atoms with E-state index in [1.54, 1.807) is 0 Å². The summed E-state index contributed by atoms with van der Waals surface area (Å²) >= 11 is 0.